The summed E-state index contributed by atoms with van der Waals surface area (Å²) in [7, 11) is 0. The molecule has 0 aliphatic carbocycles. The largest absolute Gasteiger partial charge is 0.361 e. The average molecular weight is 398 g/mol. The predicted molar refractivity (Wildman–Crippen MR) is 108 cm³/mol. The number of anilines is 1. The number of aryl methyl sites for hydroxylation is 3. The number of thiazole rings is 1. The molecule has 0 saturated heterocycles. The van der Waals surface area contributed by atoms with E-state index < -0.39 is 0 Å². The van der Waals surface area contributed by atoms with Gasteiger partial charge in [-0.25, -0.2) is 4.98 Å². The van der Waals surface area contributed by atoms with Gasteiger partial charge in [0.2, 0.25) is 5.91 Å². The number of hydrogen-bond acceptors (Lipinski definition) is 6. The summed E-state index contributed by atoms with van der Waals surface area (Å²) >= 11 is 1.37. The third-order valence-corrected chi connectivity index (χ3v) is 5.01. The standard InChI is InChI=1S/C20H22N4O3S/c1-12-18(13(2)27-24-12)19(26)23-20-22-17(11-28-20)16-8-6-15(7-9-16)5-4-10-21-14(3)25/h6-9,11H,4-5,10H2,1-3H3,(H,21,25)(H,22,23,26). The first-order chi connectivity index (χ1) is 13.4. The van der Waals surface area contributed by atoms with Crippen LogP contribution in [0.25, 0.3) is 11.3 Å². The van der Waals surface area contributed by atoms with Crippen molar-refractivity contribution in [3.63, 3.8) is 0 Å². The van der Waals surface area contributed by atoms with Gasteiger partial charge in [-0.15, -0.1) is 11.3 Å². The van der Waals surface area contributed by atoms with Crippen LogP contribution in [0.5, 0.6) is 0 Å². The van der Waals surface area contributed by atoms with E-state index in [1.165, 1.54) is 23.8 Å². The molecule has 1 aromatic carbocycles. The molecule has 2 heterocycles. The zero-order valence-electron chi connectivity index (χ0n) is 16.0. The van der Waals surface area contributed by atoms with E-state index in [0.717, 1.165) is 24.1 Å². The number of nitrogens with zero attached hydrogens (tertiary/aromatic N) is 2. The lowest BCUT2D eigenvalue weighted by atomic mass is 10.1. The van der Waals surface area contributed by atoms with Gasteiger partial charge < -0.3 is 9.84 Å². The summed E-state index contributed by atoms with van der Waals surface area (Å²) in [6, 6.07) is 8.15. The minimum absolute atomic E-state index is 0.00358. The van der Waals surface area contributed by atoms with E-state index in [0.29, 0.717) is 28.7 Å². The summed E-state index contributed by atoms with van der Waals surface area (Å²) in [4.78, 5) is 27.8. The van der Waals surface area contributed by atoms with Crippen LogP contribution in [0, 0.1) is 13.8 Å². The number of amides is 2. The Morgan fingerprint density at radius 1 is 1.18 bits per heavy atom. The molecule has 7 nitrogen and oxygen atoms in total. The van der Waals surface area contributed by atoms with Crippen molar-refractivity contribution in [1.82, 2.24) is 15.5 Å². The summed E-state index contributed by atoms with van der Waals surface area (Å²) < 4.78 is 5.04. The summed E-state index contributed by atoms with van der Waals surface area (Å²) in [6.45, 7) is 5.64. The van der Waals surface area contributed by atoms with Gasteiger partial charge in [-0.3, -0.25) is 14.9 Å². The Morgan fingerprint density at radius 3 is 2.57 bits per heavy atom. The maximum absolute atomic E-state index is 12.4. The van der Waals surface area contributed by atoms with Gasteiger partial charge in [-0.2, -0.15) is 0 Å². The first-order valence-electron chi connectivity index (χ1n) is 8.97. The fourth-order valence-corrected chi connectivity index (χ4v) is 3.54. The number of carbonyl (C=O) groups is 2. The van der Waals surface area contributed by atoms with Crippen LogP contribution in [-0.2, 0) is 11.2 Å². The molecule has 0 unspecified atom stereocenters. The quantitative estimate of drug-likeness (QED) is 0.591. The molecule has 3 rings (SSSR count). The molecule has 2 N–H and O–H groups in total. The number of nitrogens with one attached hydrogen (secondary N) is 2. The second-order valence-electron chi connectivity index (χ2n) is 6.47. The molecule has 28 heavy (non-hydrogen) atoms. The van der Waals surface area contributed by atoms with Crippen molar-refractivity contribution in [2.75, 3.05) is 11.9 Å². The number of benzene rings is 1. The molecule has 3 aromatic rings. The summed E-state index contributed by atoms with van der Waals surface area (Å²) in [5, 5.41) is 11.8. The Bertz CT molecular complexity index is 956. The van der Waals surface area contributed by atoms with Crippen LogP contribution in [0.3, 0.4) is 0 Å². The van der Waals surface area contributed by atoms with Gasteiger partial charge in [0.05, 0.1) is 11.4 Å². The van der Waals surface area contributed by atoms with Gasteiger partial charge in [-0.05, 0) is 32.3 Å². The fourth-order valence-electron chi connectivity index (χ4n) is 2.83. The van der Waals surface area contributed by atoms with Crippen LogP contribution >= 0.6 is 11.3 Å². The Labute approximate surface area is 167 Å². The van der Waals surface area contributed by atoms with Crippen LogP contribution in [0.2, 0.25) is 0 Å². The number of carbonyl (C=O) groups excluding carboxylic acids is 2. The SMILES string of the molecule is CC(=O)NCCCc1ccc(-c2csc(NC(=O)c3c(C)noc3C)n2)cc1. The van der Waals surface area contributed by atoms with Gasteiger partial charge in [0.15, 0.2) is 5.13 Å². The summed E-state index contributed by atoms with van der Waals surface area (Å²) in [5.41, 5.74) is 4.00. The van der Waals surface area contributed by atoms with Crippen molar-refractivity contribution in [3.8, 4) is 11.3 Å². The van der Waals surface area contributed by atoms with Crippen LogP contribution < -0.4 is 10.6 Å². The molecular formula is C20H22N4O3S. The highest BCUT2D eigenvalue weighted by atomic mass is 32.1. The van der Waals surface area contributed by atoms with E-state index in [4.69, 9.17) is 4.52 Å². The Balaban J connectivity index is 1.60. The second kappa shape index (κ2) is 8.79. The first-order valence-corrected chi connectivity index (χ1v) is 9.85. The van der Waals surface area contributed by atoms with E-state index in [9.17, 15) is 9.59 Å². The zero-order valence-corrected chi connectivity index (χ0v) is 16.9. The van der Waals surface area contributed by atoms with E-state index >= 15 is 0 Å². The maximum atomic E-state index is 12.4. The molecular weight excluding hydrogens is 376 g/mol. The molecule has 0 saturated carbocycles. The topological polar surface area (TPSA) is 97.1 Å². The Kier molecular flexibility index (Phi) is 6.20. The molecule has 0 radical (unpaired) electrons. The highest BCUT2D eigenvalue weighted by Crippen LogP contribution is 2.26. The highest BCUT2D eigenvalue weighted by Gasteiger charge is 2.18. The number of hydrogen-bond donors (Lipinski definition) is 2. The smallest absolute Gasteiger partial charge is 0.262 e. The predicted octanol–water partition coefficient (Wildman–Crippen LogP) is 3.74. The maximum Gasteiger partial charge on any atom is 0.262 e. The summed E-state index contributed by atoms with van der Waals surface area (Å²) in [5.74, 6) is 0.212. The molecule has 146 valence electrons. The Hall–Kier alpha value is -3.00. The average Bonchev–Trinajstić information content (AvgIpc) is 3.25. The van der Waals surface area contributed by atoms with Crippen molar-refractivity contribution in [2.45, 2.75) is 33.6 Å². The highest BCUT2D eigenvalue weighted by molar-refractivity contribution is 7.14. The van der Waals surface area contributed by atoms with E-state index in [-0.39, 0.29) is 11.8 Å². The van der Waals surface area contributed by atoms with Gasteiger partial charge >= 0.3 is 0 Å². The van der Waals surface area contributed by atoms with E-state index in [1.807, 2.05) is 17.5 Å². The van der Waals surface area contributed by atoms with Crippen LogP contribution in [-0.4, -0.2) is 28.5 Å². The molecule has 0 bridgehead atoms. The lowest BCUT2D eigenvalue weighted by Crippen LogP contribution is -2.21. The second-order valence-corrected chi connectivity index (χ2v) is 7.33. The molecule has 8 heteroatoms. The normalized spacial score (nSPS) is 10.7. The zero-order chi connectivity index (χ0) is 20.1. The number of rotatable bonds is 7. The molecule has 0 aliphatic rings. The lowest BCUT2D eigenvalue weighted by Gasteiger charge is -2.04. The Morgan fingerprint density at radius 2 is 1.93 bits per heavy atom. The fraction of sp³-hybridized carbons (Fsp3) is 0.300. The number of aromatic nitrogens is 2. The van der Waals surface area contributed by atoms with Crippen molar-refractivity contribution in [1.29, 1.82) is 0 Å². The molecule has 0 fully saturated rings. The monoisotopic (exact) mass is 398 g/mol. The van der Waals surface area contributed by atoms with Crippen molar-refractivity contribution < 1.29 is 14.1 Å². The lowest BCUT2D eigenvalue weighted by molar-refractivity contribution is -0.118. The molecule has 2 amide bonds. The first kappa shape index (κ1) is 19.8. The molecule has 2 aromatic heterocycles. The van der Waals surface area contributed by atoms with Gasteiger partial charge in [0, 0.05) is 24.4 Å². The van der Waals surface area contributed by atoms with Crippen molar-refractivity contribution in [2.24, 2.45) is 0 Å². The minimum Gasteiger partial charge on any atom is -0.361 e. The van der Waals surface area contributed by atoms with E-state index in [1.54, 1.807) is 13.8 Å². The van der Waals surface area contributed by atoms with Crippen molar-refractivity contribution in [3.05, 3.63) is 52.2 Å². The third-order valence-electron chi connectivity index (χ3n) is 4.25. The van der Waals surface area contributed by atoms with Gasteiger partial charge in [0.25, 0.3) is 5.91 Å². The molecule has 0 spiro atoms. The van der Waals surface area contributed by atoms with Gasteiger partial charge in [-0.1, -0.05) is 29.4 Å². The van der Waals surface area contributed by atoms with Gasteiger partial charge in [0.1, 0.15) is 11.3 Å². The molecule has 0 atom stereocenters. The van der Waals surface area contributed by atoms with Crippen LogP contribution in [0.1, 0.15) is 40.7 Å². The van der Waals surface area contributed by atoms with Crippen LogP contribution in [0.15, 0.2) is 34.2 Å². The summed E-state index contributed by atoms with van der Waals surface area (Å²) in [6.07, 6.45) is 1.80. The minimum atomic E-state index is -0.272. The third kappa shape index (κ3) is 4.83. The van der Waals surface area contributed by atoms with Crippen LogP contribution in [0.4, 0.5) is 5.13 Å². The van der Waals surface area contributed by atoms with Crippen molar-refractivity contribution >= 4 is 28.3 Å². The molecule has 0 aliphatic heterocycles. The van der Waals surface area contributed by atoms with E-state index in [2.05, 4.69) is 32.9 Å².